The fourth-order valence-electron chi connectivity index (χ4n) is 3.17. The van der Waals surface area contributed by atoms with E-state index in [1.165, 1.54) is 0 Å². The second-order valence-corrected chi connectivity index (χ2v) is 6.63. The molecule has 0 aliphatic rings. The lowest BCUT2D eigenvalue weighted by molar-refractivity contribution is -0.117. The summed E-state index contributed by atoms with van der Waals surface area (Å²) < 4.78 is 5.33. The maximum absolute atomic E-state index is 13.0. The summed E-state index contributed by atoms with van der Waals surface area (Å²) in [5, 5.41) is 13.0. The van der Waals surface area contributed by atoms with Crippen molar-refractivity contribution < 1.29 is 9.53 Å². The van der Waals surface area contributed by atoms with E-state index in [9.17, 15) is 4.79 Å². The van der Waals surface area contributed by atoms with Crippen LogP contribution in [0.25, 0.3) is 11.1 Å². The first kappa shape index (κ1) is 19.6. The van der Waals surface area contributed by atoms with Crippen LogP contribution in [0.5, 0.6) is 5.75 Å². The van der Waals surface area contributed by atoms with Crippen LogP contribution >= 0.6 is 0 Å². The molecule has 0 spiro atoms. The van der Waals surface area contributed by atoms with Crippen molar-refractivity contribution in [3.05, 3.63) is 66.5 Å². The molecule has 2 aromatic carbocycles. The van der Waals surface area contributed by atoms with Gasteiger partial charge in [0.1, 0.15) is 5.75 Å². The standard InChI is InChI=1S/C22H26N4O2/c1-23-12-4-7-21(17-5-3-6-20(13-17)28-2)22(27)26-19-10-8-16(9-11-19)18-14-24-25-15-18/h3,5-6,8-11,13-15,21,23H,4,7,12H2,1-2H3,(H,24,25)(H,26,27)/t21-/m0/s1. The molecular formula is C22H26N4O2. The van der Waals surface area contributed by atoms with Gasteiger partial charge in [-0.05, 0) is 61.8 Å². The summed E-state index contributed by atoms with van der Waals surface area (Å²) in [5.41, 5.74) is 3.80. The molecule has 0 saturated heterocycles. The van der Waals surface area contributed by atoms with E-state index in [0.717, 1.165) is 47.5 Å². The van der Waals surface area contributed by atoms with E-state index in [1.807, 2.05) is 61.8 Å². The Labute approximate surface area is 165 Å². The molecule has 3 aromatic rings. The molecule has 1 atom stereocenters. The molecule has 0 aliphatic carbocycles. The van der Waals surface area contributed by atoms with Crippen molar-refractivity contribution >= 4 is 11.6 Å². The Morgan fingerprint density at radius 1 is 1.18 bits per heavy atom. The number of carbonyl (C=O) groups is 1. The highest BCUT2D eigenvalue weighted by atomic mass is 16.5. The fourth-order valence-corrected chi connectivity index (χ4v) is 3.17. The Kier molecular flexibility index (Phi) is 6.81. The Balaban J connectivity index is 1.74. The lowest BCUT2D eigenvalue weighted by Crippen LogP contribution is -2.22. The Morgan fingerprint density at radius 2 is 2.00 bits per heavy atom. The predicted molar refractivity (Wildman–Crippen MR) is 112 cm³/mol. The van der Waals surface area contributed by atoms with Gasteiger partial charge in [-0.15, -0.1) is 0 Å². The number of hydrogen-bond acceptors (Lipinski definition) is 4. The molecule has 1 amide bonds. The molecule has 0 radical (unpaired) electrons. The molecule has 0 aliphatic heterocycles. The highest BCUT2D eigenvalue weighted by Gasteiger charge is 2.21. The summed E-state index contributed by atoms with van der Waals surface area (Å²) in [6.07, 6.45) is 5.28. The van der Waals surface area contributed by atoms with Gasteiger partial charge in [0.2, 0.25) is 5.91 Å². The number of benzene rings is 2. The van der Waals surface area contributed by atoms with Crippen LogP contribution in [0.15, 0.2) is 60.9 Å². The number of hydrogen-bond donors (Lipinski definition) is 3. The molecule has 146 valence electrons. The van der Waals surface area contributed by atoms with Crippen LogP contribution < -0.4 is 15.4 Å². The molecule has 0 fully saturated rings. The lowest BCUT2D eigenvalue weighted by Gasteiger charge is -2.18. The molecule has 1 aromatic heterocycles. The van der Waals surface area contributed by atoms with Crippen molar-refractivity contribution in [3.8, 4) is 16.9 Å². The van der Waals surface area contributed by atoms with Gasteiger partial charge in [-0.3, -0.25) is 9.89 Å². The van der Waals surface area contributed by atoms with Crippen LogP contribution in [0, 0.1) is 0 Å². The Morgan fingerprint density at radius 3 is 2.68 bits per heavy atom. The minimum absolute atomic E-state index is 0.0135. The number of ether oxygens (including phenoxy) is 1. The third kappa shape index (κ3) is 4.98. The van der Waals surface area contributed by atoms with E-state index in [0.29, 0.717) is 0 Å². The zero-order valence-corrected chi connectivity index (χ0v) is 16.2. The zero-order valence-electron chi connectivity index (χ0n) is 16.2. The third-order valence-corrected chi connectivity index (χ3v) is 4.72. The number of amides is 1. The largest absolute Gasteiger partial charge is 0.497 e. The van der Waals surface area contributed by atoms with E-state index >= 15 is 0 Å². The van der Waals surface area contributed by atoms with Crippen molar-refractivity contribution in [2.24, 2.45) is 0 Å². The van der Waals surface area contributed by atoms with E-state index in [2.05, 4.69) is 20.8 Å². The lowest BCUT2D eigenvalue weighted by atomic mass is 9.93. The summed E-state index contributed by atoms with van der Waals surface area (Å²) >= 11 is 0. The average Bonchev–Trinajstić information content (AvgIpc) is 3.26. The molecule has 3 N–H and O–H groups in total. The number of carbonyl (C=O) groups excluding carboxylic acids is 1. The summed E-state index contributed by atoms with van der Waals surface area (Å²) in [7, 11) is 3.55. The van der Waals surface area contributed by atoms with Crippen molar-refractivity contribution in [1.29, 1.82) is 0 Å². The van der Waals surface area contributed by atoms with Gasteiger partial charge in [-0.2, -0.15) is 5.10 Å². The van der Waals surface area contributed by atoms with Crippen molar-refractivity contribution in [3.63, 3.8) is 0 Å². The highest BCUT2D eigenvalue weighted by molar-refractivity contribution is 5.96. The van der Waals surface area contributed by atoms with Gasteiger partial charge in [0, 0.05) is 17.4 Å². The topological polar surface area (TPSA) is 79.0 Å². The normalized spacial score (nSPS) is 11.8. The smallest absolute Gasteiger partial charge is 0.231 e. The molecular weight excluding hydrogens is 352 g/mol. The maximum atomic E-state index is 13.0. The summed E-state index contributed by atoms with van der Waals surface area (Å²) in [6.45, 7) is 0.868. The number of aromatic amines is 1. The molecule has 28 heavy (non-hydrogen) atoms. The van der Waals surface area contributed by atoms with E-state index < -0.39 is 0 Å². The Bertz CT molecular complexity index is 876. The quantitative estimate of drug-likeness (QED) is 0.495. The zero-order chi connectivity index (χ0) is 19.8. The van der Waals surface area contributed by atoms with Crippen molar-refractivity contribution in [2.45, 2.75) is 18.8 Å². The number of nitrogens with one attached hydrogen (secondary N) is 3. The Hall–Kier alpha value is -3.12. The van der Waals surface area contributed by atoms with Gasteiger partial charge >= 0.3 is 0 Å². The van der Waals surface area contributed by atoms with E-state index in [-0.39, 0.29) is 11.8 Å². The van der Waals surface area contributed by atoms with Gasteiger partial charge in [0.05, 0.1) is 19.2 Å². The van der Waals surface area contributed by atoms with Crippen molar-refractivity contribution in [1.82, 2.24) is 15.5 Å². The minimum atomic E-state index is -0.239. The monoisotopic (exact) mass is 378 g/mol. The van der Waals surface area contributed by atoms with E-state index in [4.69, 9.17) is 4.74 Å². The number of rotatable bonds is 9. The molecule has 1 heterocycles. The second kappa shape index (κ2) is 9.71. The first-order valence-electron chi connectivity index (χ1n) is 9.40. The molecule has 0 bridgehead atoms. The fraction of sp³-hybridized carbons (Fsp3) is 0.273. The first-order valence-corrected chi connectivity index (χ1v) is 9.40. The number of methoxy groups -OCH3 is 1. The minimum Gasteiger partial charge on any atom is -0.497 e. The van der Waals surface area contributed by atoms with Gasteiger partial charge < -0.3 is 15.4 Å². The van der Waals surface area contributed by atoms with Crippen LogP contribution in [0.3, 0.4) is 0 Å². The summed E-state index contributed by atoms with van der Waals surface area (Å²) in [6, 6.07) is 15.5. The molecule has 6 nitrogen and oxygen atoms in total. The molecule has 0 unspecified atom stereocenters. The van der Waals surface area contributed by atoms with Crippen LogP contribution in [-0.2, 0) is 4.79 Å². The molecule has 0 saturated carbocycles. The third-order valence-electron chi connectivity index (χ3n) is 4.72. The summed E-state index contributed by atoms with van der Waals surface area (Å²) in [4.78, 5) is 13.0. The maximum Gasteiger partial charge on any atom is 0.231 e. The van der Waals surface area contributed by atoms with Crippen LogP contribution in [0.4, 0.5) is 5.69 Å². The van der Waals surface area contributed by atoms with Crippen LogP contribution in [0.1, 0.15) is 24.3 Å². The molecule has 6 heteroatoms. The van der Waals surface area contributed by atoms with Gasteiger partial charge in [-0.25, -0.2) is 0 Å². The second-order valence-electron chi connectivity index (χ2n) is 6.63. The average molecular weight is 378 g/mol. The number of anilines is 1. The van der Waals surface area contributed by atoms with Crippen molar-refractivity contribution in [2.75, 3.05) is 26.0 Å². The SMILES string of the molecule is CNCCC[C@H](C(=O)Nc1ccc(-c2cn[nH]c2)cc1)c1cccc(OC)c1. The van der Waals surface area contributed by atoms with Gasteiger partial charge in [-0.1, -0.05) is 24.3 Å². The van der Waals surface area contributed by atoms with Crippen LogP contribution in [0.2, 0.25) is 0 Å². The summed E-state index contributed by atoms with van der Waals surface area (Å²) in [5.74, 6) is 0.505. The number of aromatic nitrogens is 2. The van der Waals surface area contributed by atoms with Gasteiger partial charge in [0.25, 0.3) is 0 Å². The first-order chi connectivity index (χ1) is 13.7. The number of nitrogens with zero attached hydrogens (tertiary/aromatic N) is 1. The highest BCUT2D eigenvalue weighted by Crippen LogP contribution is 2.27. The van der Waals surface area contributed by atoms with E-state index in [1.54, 1.807) is 13.3 Å². The van der Waals surface area contributed by atoms with Gasteiger partial charge in [0.15, 0.2) is 0 Å². The number of H-pyrrole nitrogens is 1. The van der Waals surface area contributed by atoms with Crippen LogP contribution in [-0.4, -0.2) is 36.8 Å². The predicted octanol–water partition coefficient (Wildman–Crippen LogP) is 3.81. The molecule has 3 rings (SSSR count).